The molecule has 6 nitrogen and oxygen atoms in total. The first kappa shape index (κ1) is 12.1. The molecule has 0 aromatic carbocycles. The largest absolute Gasteiger partial charge is 0.387 e. The number of anilines is 1. The van der Waals surface area contributed by atoms with Crippen LogP contribution in [-0.4, -0.2) is 40.1 Å². The van der Waals surface area contributed by atoms with Crippen LogP contribution >= 0.6 is 0 Å². The molecular formula is C12H15N5O. The maximum absolute atomic E-state index is 12.3. The van der Waals surface area contributed by atoms with Crippen LogP contribution in [0.2, 0.25) is 0 Å². The van der Waals surface area contributed by atoms with Gasteiger partial charge in [0.1, 0.15) is 0 Å². The van der Waals surface area contributed by atoms with Crippen LogP contribution < -0.4 is 5.32 Å². The summed E-state index contributed by atoms with van der Waals surface area (Å²) in [6.45, 7) is 0.507. The zero-order valence-corrected chi connectivity index (χ0v) is 10.3. The summed E-state index contributed by atoms with van der Waals surface area (Å²) in [5.74, 6) is -0.0753. The molecule has 0 saturated heterocycles. The number of hydrogen-bond donors (Lipinski definition) is 2. The molecule has 2 aromatic heterocycles. The predicted molar refractivity (Wildman–Crippen MR) is 68.2 cm³/mol. The smallest absolute Gasteiger partial charge is 0.257 e. The Kier molecular flexibility index (Phi) is 3.57. The zero-order valence-electron chi connectivity index (χ0n) is 10.3. The van der Waals surface area contributed by atoms with Crippen LogP contribution in [-0.2, 0) is 6.54 Å². The molecule has 0 atom stereocenters. The van der Waals surface area contributed by atoms with Crippen molar-refractivity contribution in [2.45, 2.75) is 6.54 Å². The van der Waals surface area contributed by atoms with E-state index in [-0.39, 0.29) is 5.91 Å². The van der Waals surface area contributed by atoms with Gasteiger partial charge in [-0.1, -0.05) is 0 Å². The van der Waals surface area contributed by atoms with Gasteiger partial charge in [0.15, 0.2) is 0 Å². The van der Waals surface area contributed by atoms with E-state index in [2.05, 4.69) is 20.5 Å². The average molecular weight is 245 g/mol. The van der Waals surface area contributed by atoms with Gasteiger partial charge in [0.05, 0.1) is 11.8 Å². The van der Waals surface area contributed by atoms with E-state index in [1.807, 2.05) is 0 Å². The van der Waals surface area contributed by atoms with Crippen LogP contribution in [0.5, 0.6) is 0 Å². The second-order valence-electron chi connectivity index (χ2n) is 3.94. The molecule has 0 bridgehead atoms. The first-order valence-corrected chi connectivity index (χ1v) is 5.57. The average Bonchev–Trinajstić information content (AvgIpc) is 2.90. The third kappa shape index (κ3) is 2.48. The highest BCUT2D eigenvalue weighted by atomic mass is 16.2. The second kappa shape index (κ2) is 5.31. The minimum atomic E-state index is -0.0753. The zero-order chi connectivity index (χ0) is 13.0. The molecule has 0 radical (unpaired) electrons. The number of aromatic nitrogens is 3. The van der Waals surface area contributed by atoms with Gasteiger partial charge in [0.25, 0.3) is 5.91 Å². The molecule has 2 aromatic rings. The molecule has 0 fully saturated rings. The van der Waals surface area contributed by atoms with Gasteiger partial charge in [0.2, 0.25) is 0 Å². The van der Waals surface area contributed by atoms with Crippen molar-refractivity contribution in [3.05, 3.63) is 42.0 Å². The van der Waals surface area contributed by atoms with E-state index in [9.17, 15) is 4.79 Å². The van der Waals surface area contributed by atoms with Gasteiger partial charge in [-0.2, -0.15) is 5.10 Å². The minimum absolute atomic E-state index is 0.0753. The second-order valence-corrected chi connectivity index (χ2v) is 3.94. The standard InChI is InChI=1S/C12H15N5O/c1-13-11-3-4-14-7-10(11)12(18)17(2)8-9-5-15-16-6-9/h3-7H,8H2,1-2H3,(H,13,14)(H,15,16). The van der Waals surface area contributed by atoms with E-state index in [1.54, 1.807) is 49.8 Å². The van der Waals surface area contributed by atoms with E-state index < -0.39 is 0 Å². The van der Waals surface area contributed by atoms with Crippen molar-refractivity contribution in [1.82, 2.24) is 20.1 Å². The quantitative estimate of drug-likeness (QED) is 0.846. The monoisotopic (exact) mass is 245 g/mol. The normalized spacial score (nSPS) is 10.1. The number of H-pyrrole nitrogens is 1. The molecule has 1 amide bonds. The highest BCUT2D eigenvalue weighted by Gasteiger charge is 2.15. The molecule has 94 valence electrons. The first-order valence-electron chi connectivity index (χ1n) is 5.57. The Morgan fingerprint density at radius 2 is 2.33 bits per heavy atom. The fourth-order valence-corrected chi connectivity index (χ4v) is 1.70. The van der Waals surface area contributed by atoms with Crippen LogP contribution in [0.4, 0.5) is 5.69 Å². The number of amides is 1. The molecule has 0 aliphatic carbocycles. The lowest BCUT2D eigenvalue weighted by molar-refractivity contribution is 0.0785. The summed E-state index contributed by atoms with van der Waals surface area (Å²) in [5, 5.41) is 9.56. The highest BCUT2D eigenvalue weighted by Crippen LogP contribution is 2.15. The van der Waals surface area contributed by atoms with Gasteiger partial charge in [-0.3, -0.25) is 14.9 Å². The first-order chi connectivity index (χ1) is 8.72. The van der Waals surface area contributed by atoms with Crippen molar-refractivity contribution < 1.29 is 4.79 Å². The number of nitrogens with one attached hydrogen (secondary N) is 2. The molecule has 2 N–H and O–H groups in total. The van der Waals surface area contributed by atoms with Crippen LogP contribution in [0.15, 0.2) is 30.9 Å². The van der Waals surface area contributed by atoms with Crippen molar-refractivity contribution in [3.8, 4) is 0 Å². The molecule has 18 heavy (non-hydrogen) atoms. The summed E-state index contributed by atoms with van der Waals surface area (Å²) in [4.78, 5) is 17.9. The van der Waals surface area contributed by atoms with E-state index in [0.717, 1.165) is 11.3 Å². The number of nitrogens with zero attached hydrogens (tertiary/aromatic N) is 3. The van der Waals surface area contributed by atoms with Crippen molar-refractivity contribution >= 4 is 11.6 Å². The fourth-order valence-electron chi connectivity index (χ4n) is 1.70. The van der Waals surface area contributed by atoms with Crippen LogP contribution in [0.1, 0.15) is 15.9 Å². The van der Waals surface area contributed by atoms with Crippen LogP contribution in [0, 0.1) is 0 Å². The molecule has 0 saturated carbocycles. The summed E-state index contributed by atoms with van der Waals surface area (Å²) in [7, 11) is 3.53. The van der Waals surface area contributed by atoms with Crippen molar-refractivity contribution in [2.75, 3.05) is 19.4 Å². The van der Waals surface area contributed by atoms with Crippen LogP contribution in [0.25, 0.3) is 0 Å². The Labute approximate surface area is 105 Å². The molecule has 0 aliphatic heterocycles. The number of aromatic amines is 1. The number of carbonyl (C=O) groups is 1. The molecule has 2 rings (SSSR count). The Balaban J connectivity index is 2.15. The van der Waals surface area contributed by atoms with Gasteiger partial charge in [-0.25, -0.2) is 0 Å². The van der Waals surface area contributed by atoms with E-state index >= 15 is 0 Å². The maximum atomic E-state index is 12.3. The van der Waals surface area contributed by atoms with Gasteiger partial charge in [-0.15, -0.1) is 0 Å². The minimum Gasteiger partial charge on any atom is -0.387 e. The SMILES string of the molecule is CNc1ccncc1C(=O)N(C)Cc1cn[nH]c1. The number of rotatable bonds is 4. The number of carbonyl (C=O) groups excluding carboxylic acids is 1. The topological polar surface area (TPSA) is 73.9 Å². The molecule has 0 unspecified atom stereocenters. The Morgan fingerprint density at radius 1 is 1.50 bits per heavy atom. The molecule has 0 spiro atoms. The fraction of sp³-hybridized carbons (Fsp3) is 0.250. The summed E-state index contributed by atoms with van der Waals surface area (Å²) in [6.07, 6.45) is 6.69. The maximum Gasteiger partial charge on any atom is 0.257 e. The van der Waals surface area contributed by atoms with Crippen molar-refractivity contribution in [2.24, 2.45) is 0 Å². The van der Waals surface area contributed by atoms with Crippen molar-refractivity contribution in [1.29, 1.82) is 0 Å². The van der Waals surface area contributed by atoms with Crippen LogP contribution in [0.3, 0.4) is 0 Å². The highest BCUT2D eigenvalue weighted by molar-refractivity contribution is 5.99. The molecule has 2 heterocycles. The van der Waals surface area contributed by atoms with E-state index in [4.69, 9.17) is 0 Å². The summed E-state index contributed by atoms with van der Waals surface area (Å²) in [5.41, 5.74) is 2.29. The summed E-state index contributed by atoms with van der Waals surface area (Å²) < 4.78 is 0. The molecular weight excluding hydrogens is 230 g/mol. The lowest BCUT2D eigenvalue weighted by Crippen LogP contribution is -2.26. The van der Waals surface area contributed by atoms with Gasteiger partial charge < -0.3 is 10.2 Å². The summed E-state index contributed by atoms with van der Waals surface area (Å²) >= 11 is 0. The van der Waals surface area contributed by atoms with Gasteiger partial charge >= 0.3 is 0 Å². The lowest BCUT2D eigenvalue weighted by atomic mass is 10.2. The Bertz CT molecular complexity index is 523. The van der Waals surface area contributed by atoms with E-state index in [0.29, 0.717) is 12.1 Å². The Morgan fingerprint density at radius 3 is 3.00 bits per heavy atom. The predicted octanol–water partition coefficient (Wildman–Crippen LogP) is 1.12. The molecule has 0 aliphatic rings. The van der Waals surface area contributed by atoms with Gasteiger partial charge in [-0.05, 0) is 6.07 Å². The lowest BCUT2D eigenvalue weighted by Gasteiger charge is -2.17. The van der Waals surface area contributed by atoms with Gasteiger partial charge in [0, 0.05) is 50.5 Å². The summed E-state index contributed by atoms with van der Waals surface area (Å²) in [6, 6.07) is 1.78. The third-order valence-corrected chi connectivity index (χ3v) is 2.64. The number of hydrogen-bond acceptors (Lipinski definition) is 4. The van der Waals surface area contributed by atoms with E-state index in [1.165, 1.54) is 0 Å². The number of pyridine rings is 1. The van der Waals surface area contributed by atoms with Crippen molar-refractivity contribution in [3.63, 3.8) is 0 Å². The third-order valence-electron chi connectivity index (χ3n) is 2.64. The molecule has 6 heteroatoms. The Hall–Kier alpha value is -2.37.